The summed E-state index contributed by atoms with van der Waals surface area (Å²) in [5.74, 6) is 2.30. The molecule has 23 heavy (non-hydrogen) atoms. The maximum atomic E-state index is 10.8. The van der Waals surface area contributed by atoms with Crippen LogP contribution in [0, 0.1) is 6.92 Å². The highest BCUT2D eigenvalue weighted by Crippen LogP contribution is 2.22. The Morgan fingerprint density at radius 2 is 1.96 bits per heavy atom. The molecule has 1 aliphatic rings. The fourth-order valence-corrected chi connectivity index (χ4v) is 2.74. The second kappa shape index (κ2) is 6.83. The van der Waals surface area contributed by atoms with E-state index >= 15 is 0 Å². The summed E-state index contributed by atoms with van der Waals surface area (Å²) in [5.41, 5.74) is 0.882. The fourth-order valence-electron chi connectivity index (χ4n) is 2.55. The highest BCUT2D eigenvalue weighted by atomic mass is 35.5. The first-order chi connectivity index (χ1) is 11.1. The van der Waals surface area contributed by atoms with Crippen LogP contribution in [0.1, 0.15) is 5.82 Å². The molecule has 1 aromatic carbocycles. The molecule has 0 radical (unpaired) electrons. The van der Waals surface area contributed by atoms with E-state index < -0.39 is 0 Å². The SMILES string of the molecule is Cc1nc(Nc2cccc(Cl)c2)cc(N2CCN(C=O)CC2)n1. The van der Waals surface area contributed by atoms with E-state index in [4.69, 9.17) is 11.6 Å². The van der Waals surface area contributed by atoms with E-state index in [1.807, 2.05) is 37.3 Å². The number of nitrogens with one attached hydrogen (secondary N) is 1. The average Bonchev–Trinajstić information content (AvgIpc) is 2.54. The highest BCUT2D eigenvalue weighted by Gasteiger charge is 2.17. The van der Waals surface area contributed by atoms with Crippen molar-refractivity contribution in [2.75, 3.05) is 36.4 Å². The van der Waals surface area contributed by atoms with Crippen molar-refractivity contribution in [3.63, 3.8) is 0 Å². The molecule has 3 rings (SSSR count). The number of aryl methyl sites for hydroxylation is 1. The van der Waals surface area contributed by atoms with Gasteiger partial charge in [0.05, 0.1) is 0 Å². The summed E-state index contributed by atoms with van der Waals surface area (Å²) in [6, 6.07) is 9.42. The van der Waals surface area contributed by atoms with Crippen LogP contribution in [0.15, 0.2) is 30.3 Å². The van der Waals surface area contributed by atoms with Gasteiger partial charge in [-0.15, -0.1) is 0 Å². The number of hydrogen-bond donors (Lipinski definition) is 1. The molecule has 0 bridgehead atoms. The molecule has 0 atom stereocenters. The summed E-state index contributed by atoms with van der Waals surface area (Å²) in [6.45, 7) is 4.83. The van der Waals surface area contributed by atoms with Crippen LogP contribution < -0.4 is 10.2 Å². The van der Waals surface area contributed by atoms with Gasteiger partial charge in [0.15, 0.2) is 0 Å². The first-order valence-corrected chi connectivity index (χ1v) is 7.84. The van der Waals surface area contributed by atoms with E-state index in [0.29, 0.717) is 23.9 Å². The average molecular weight is 332 g/mol. The van der Waals surface area contributed by atoms with Crippen molar-refractivity contribution in [2.45, 2.75) is 6.92 Å². The van der Waals surface area contributed by atoms with Gasteiger partial charge < -0.3 is 15.1 Å². The van der Waals surface area contributed by atoms with E-state index in [1.54, 1.807) is 4.90 Å². The number of rotatable bonds is 4. The molecule has 1 aliphatic heterocycles. The molecule has 1 aromatic heterocycles. The van der Waals surface area contributed by atoms with Gasteiger partial charge in [-0.2, -0.15) is 0 Å². The summed E-state index contributed by atoms with van der Waals surface area (Å²) in [4.78, 5) is 23.7. The number of amides is 1. The summed E-state index contributed by atoms with van der Waals surface area (Å²) in [6.07, 6.45) is 0.898. The predicted molar refractivity (Wildman–Crippen MR) is 91.4 cm³/mol. The molecule has 120 valence electrons. The molecule has 0 saturated carbocycles. The van der Waals surface area contributed by atoms with Crippen LogP contribution in [0.2, 0.25) is 5.02 Å². The molecule has 0 spiro atoms. The monoisotopic (exact) mass is 331 g/mol. The van der Waals surface area contributed by atoms with E-state index in [9.17, 15) is 4.79 Å². The third kappa shape index (κ3) is 3.90. The molecule has 6 nitrogen and oxygen atoms in total. The van der Waals surface area contributed by atoms with E-state index in [2.05, 4.69) is 20.2 Å². The van der Waals surface area contributed by atoms with Crippen molar-refractivity contribution < 1.29 is 4.79 Å². The number of nitrogens with zero attached hydrogens (tertiary/aromatic N) is 4. The molecule has 2 heterocycles. The van der Waals surface area contributed by atoms with Gasteiger partial charge >= 0.3 is 0 Å². The maximum Gasteiger partial charge on any atom is 0.209 e. The molecule has 0 aliphatic carbocycles. The maximum absolute atomic E-state index is 10.8. The Morgan fingerprint density at radius 1 is 1.17 bits per heavy atom. The third-order valence-electron chi connectivity index (χ3n) is 3.71. The number of piperazine rings is 1. The van der Waals surface area contributed by atoms with Gasteiger partial charge in [0, 0.05) is 43.0 Å². The highest BCUT2D eigenvalue weighted by molar-refractivity contribution is 6.30. The largest absolute Gasteiger partial charge is 0.353 e. The standard InChI is InChI=1S/C16H18ClN5O/c1-12-18-15(20-14-4-2-3-13(17)9-14)10-16(19-12)22-7-5-21(11-23)6-8-22/h2-4,9-11H,5-8H2,1H3,(H,18,19,20). The van der Waals surface area contributed by atoms with Gasteiger partial charge in [-0.1, -0.05) is 17.7 Å². The summed E-state index contributed by atoms with van der Waals surface area (Å²) in [7, 11) is 0. The minimum absolute atomic E-state index is 0.672. The van der Waals surface area contributed by atoms with Crippen LogP contribution in [0.3, 0.4) is 0 Å². The van der Waals surface area contributed by atoms with E-state index in [1.165, 1.54) is 0 Å². The Labute approximate surface area is 140 Å². The van der Waals surface area contributed by atoms with Crippen LogP contribution in [0.25, 0.3) is 0 Å². The van der Waals surface area contributed by atoms with E-state index in [0.717, 1.165) is 36.8 Å². The van der Waals surface area contributed by atoms with Crippen LogP contribution >= 0.6 is 11.6 Å². The van der Waals surface area contributed by atoms with Crippen LogP contribution in [-0.2, 0) is 4.79 Å². The molecule has 1 amide bonds. The second-order valence-corrected chi connectivity index (χ2v) is 5.86. The van der Waals surface area contributed by atoms with Crippen molar-refractivity contribution in [1.82, 2.24) is 14.9 Å². The molecule has 0 unspecified atom stereocenters. The Hall–Kier alpha value is -2.34. The predicted octanol–water partition coefficient (Wildman–Crippen LogP) is 2.46. The molecular weight excluding hydrogens is 314 g/mol. The number of carbonyl (C=O) groups excluding carboxylic acids is 1. The number of benzene rings is 1. The van der Waals surface area contributed by atoms with Crippen molar-refractivity contribution in [2.24, 2.45) is 0 Å². The zero-order valence-electron chi connectivity index (χ0n) is 12.9. The molecular formula is C16H18ClN5O. The quantitative estimate of drug-likeness (QED) is 0.872. The van der Waals surface area contributed by atoms with Crippen LogP contribution in [0.4, 0.5) is 17.3 Å². The molecule has 1 fully saturated rings. The number of aromatic nitrogens is 2. The minimum Gasteiger partial charge on any atom is -0.353 e. The lowest BCUT2D eigenvalue weighted by Gasteiger charge is -2.33. The lowest BCUT2D eigenvalue weighted by atomic mass is 10.3. The molecule has 1 N–H and O–H groups in total. The van der Waals surface area contributed by atoms with Crippen molar-refractivity contribution in [3.05, 3.63) is 41.2 Å². The molecule has 2 aromatic rings. The Balaban J connectivity index is 1.78. The lowest BCUT2D eigenvalue weighted by molar-refractivity contribution is -0.118. The Kier molecular flexibility index (Phi) is 4.62. The molecule has 7 heteroatoms. The summed E-state index contributed by atoms with van der Waals surface area (Å²) >= 11 is 6.01. The summed E-state index contributed by atoms with van der Waals surface area (Å²) in [5, 5.41) is 3.93. The normalized spacial score (nSPS) is 14.7. The first kappa shape index (κ1) is 15.6. The van der Waals surface area contributed by atoms with Crippen molar-refractivity contribution in [3.8, 4) is 0 Å². The smallest absolute Gasteiger partial charge is 0.209 e. The number of hydrogen-bond acceptors (Lipinski definition) is 5. The minimum atomic E-state index is 0.672. The Bertz CT molecular complexity index is 701. The van der Waals surface area contributed by atoms with Gasteiger partial charge in [0.1, 0.15) is 17.5 Å². The second-order valence-electron chi connectivity index (χ2n) is 5.42. The van der Waals surface area contributed by atoms with Gasteiger partial charge in [-0.3, -0.25) is 4.79 Å². The lowest BCUT2D eigenvalue weighted by Crippen LogP contribution is -2.46. The zero-order valence-corrected chi connectivity index (χ0v) is 13.6. The first-order valence-electron chi connectivity index (χ1n) is 7.46. The van der Waals surface area contributed by atoms with E-state index in [-0.39, 0.29) is 0 Å². The van der Waals surface area contributed by atoms with Gasteiger partial charge in [-0.25, -0.2) is 9.97 Å². The van der Waals surface area contributed by atoms with Crippen molar-refractivity contribution >= 4 is 35.3 Å². The van der Waals surface area contributed by atoms with Crippen molar-refractivity contribution in [1.29, 1.82) is 0 Å². The zero-order chi connectivity index (χ0) is 16.2. The number of carbonyl (C=O) groups is 1. The summed E-state index contributed by atoms with van der Waals surface area (Å²) < 4.78 is 0. The van der Waals surface area contributed by atoms with Crippen LogP contribution in [-0.4, -0.2) is 47.5 Å². The van der Waals surface area contributed by atoms with Gasteiger partial charge in [-0.05, 0) is 25.1 Å². The Morgan fingerprint density at radius 3 is 2.65 bits per heavy atom. The number of halogens is 1. The fraction of sp³-hybridized carbons (Fsp3) is 0.312. The third-order valence-corrected chi connectivity index (χ3v) is 3.94. The van der Waals surface area contributed by atoms with Gasteiger partial charge in [0.2, 0.25) is 6.41 Å². The molecule has 1 saturated heterocycles. The number of anilines is 3. The van der Waals surface area contributed by atoms with Crippen LogP contribution in [0.5, 0.6) is 0 Å². The topological polar surface area (TPSA) is 61.4 Å². The van der Waals surface area contributed by atoms with Gasteiger partial charge in [0.25, 0.3) is 0 Å².